The zero-order valence-electron chi connectivity index (χ0n) is 10.1. The Hall–Kier alpha value is -2.20. The van der Waals surface area contributed by atoms with Crippen LogP contribution in [-0.4, -0.2) is 10.9 Å². The van der Waals surface area contributed by atoms with Gasteiger partial charge in [0.1, 0.15) is 0 Å². The maximum atomic E-state index is 11.5. The van der Waals surface area contributed by atoms with Crippen LogP contribution in [0.3, 0.4) is 0 Å². The Morgan fingerprint density at radius 1 is 1.22 bits per heavy atom. The van der Waals surface area contributed by atoms with Crippen LogP contribution in [0.1, 0.15) is 28.9 Å². The summed E-state index contributed by atoms with van der Waals surface area (Å²) < 4.78 is 0. The van der Waals surface area contributed by atoms with Crippen molar-refractivity contribution in [3.05, 3.63) is 53.9 Å². The second-order valence-corrected chi connectivity index (χ2v) is 4.19. The summed E-state index contributed by atoms with van der Waals surface area (Å²) in [4.78, 5) is 15.4. The highest BCUT2D eigenvalue weighted by atomic mass is 16.1. The zero-order chi connectivity index (χ0) is 13.1. The standard InChI is InChI=1S/C14H15N3O/c1-9(15)11-2-3-12(14(16)18)13(8-11)10-4-6-17-7-5-10/h2-9H,15H2,1H3,(H2,16,18). The highest BCUT2D eigenvalue weighted by molar-refractivity contribution is 5.99. The molecular weight excluding hydrogens is 226 g/mol. The molecule has 18 heavy (non-hydrogen) atoms. The summed E-state index contributed by atoms with van der Waals surface area (Å²) in [5.41, 5.74) is 14.4. The molecule has 0 aliphatic carbocycles. The van der Waals surface area contributed by atoms with Crippen molar-refractivity contribution in [1.29, 1.82) is 0 Å². The van der Waals surface area contributed by atoms with E-state index in [0.29, 0.717) is 5.56 Å². The van der Waals surface area contributed by atoms with Gasteiger partial charge in [-0.15, -0.1) is 0 Å². The van der Waals surface area contributed by atoms with Gasteiger partial charge >= 0.3 is 0 Å². The summed E-state index contributed by atoms with van der Waals surface area (Å²) in [6, 6.07) is 9.04. The summed E-state index contributed by atoms with van der Waals surface area (Å²) in [5, 5.41) is 0. The van der Waals surface area contributed by atoms with Crippen LogP contribution in [0.25, 0.3) is 11.1 Å². The molecule has 1 aromatic carbocycles. The third kappa shape index (κ3) is 2.38. The van der Waals surface area contributed by atoms with Gasteiger partial charge in [-0.05, 0) is 47.9 Å². The van der Waals surface area contributed by atoms with Crippen LogP contribution in [0, 0.1) is 0 Å². The number of nitrogens with two attached hydrogens (primary N) is 2. The van der Waals surface area contributed by atoms with E-state index in [1.807, 2.05) is 31.2 Å². The molecule has 4 nitrogen and oxygen atoms in total. The van der Waals surface area contributed by atoms with Crippen LogP contribution in [0.15, 0.2) is 42.7 Å². The van der Waals surface area contributed by atoms with E-state index in [2.05, 4.69) is 4.98 Å². The molecule has 2 rings (SSSR count). The fraction of sp³-hybridized carbons (Fsp3) is 0.143. The molecule has 1 heterocycles. The SMILES string of the molecule is CC(N)c1ccc(C(N)=O)c(-c2ccncc2)c1. The van der Waals surface area contributed by atoms with Crippen LogP contribution in [0.2, 0.25) is 0 Å². The van der Waals surface area contributed by atoms with Gasteiger partial charge in [0, 0.05) is 24.0 Å². The lowest BCUT2D eigenvalue weighted by atomic mass is 9.95. The predicted molar refractivity (Wildman–Crippen MR) is 70.8 cm³/mol. The van der Waals surface area contributed by atoms with Crippen LogP contribution in [-0.2, 0) is 0 Å². The first kappa shape index (κ1) is 12.3. The molecule has 1 unspecified atom stereocenters. The van der Waals surface area contributed by atoms with E-state index in [1.165, 1.54) is 0 Å². The molecule has 0 bridgehead atoms. The summed E-state index contributed by atoms with van der Waals surface area (Å²) >= 11 is 0. The van der Waals surface area contributed by atoms with Crippen LogP contribution in [0.5, 0.6) is 0 Å². The molecule has 0 aliphatic rings. The monoisotopic (exact) mass is 241 g/mol. The van der Waals surface area contributed by atoms with E-state index in [0.717, 1.165) is 16.7 Å². The minimum absolute atomic E-state index is 0.0903. The van der Waals surface area contributed by atoms with E-state index in [-0.39, 0.29) is 6.04 Å². The Morgan fingerprint density at radius 2 is 1.89 bits per heavy atom. The molecule has 4 heteroatoms. The lowest BCUT2D eigenvalue weighted by molar-refractivity contribution is 0.100. The van der Waals surface area contributed by atoms with Crippen molar-refractivity contribution >= 4 is 5.91 Å². The van der Waals surface area contributed by atoms with E-state index in [9.17, 15) is 4.79 Å². The molecule has 0 saturated heterocycles. The minimum atomic E-state index is -0.446. The molecule has 1 aromatic heterocycles. The van der Waals surface area contributed by atoms with Crippen molar-refractivity contribution < 1.29 is 4.79 Å². The number of benzene rings is 1. The van der Waals surface area contributed by atoms with Crippen molar-refractivity contribution in [2.75, 3.05) is 0 Å². The normalized spacial score (nSPS) is 12.1. The number of primary amides is 1. The summed E-state index contributed by atoms with van der Waals surface area (Å²) in [6.45, 7) is 1.90. The van der Waals surface area contributed by atoms with Crippen LogP contribution < -0.4 is 11.5 Å². The Bertz CT molecular complexity index is 565. The number of hydrogen-bond acceptors (Lipinski definition) is 3. The number of pyridine rings is 1. The van der Waals surface area contributed by atoms with E-state index in [1.54, 1.807) is 18.5 Å². The summed E-state index contributed by atoms with van der Waals surface area (Å²) in [6.07, 6.45) is 3.36. The number of carbonyl (C=O) groups is 1. The first-order valence-corrected chi connectivity index (χ1v) is 5.69. The molecule has 0 fully saturated rings. The summed E-state index contributed by atoms with van der Waals surface area (Å²) in [7, 11) is 0. The van der Waals surface area contributed by atoms with Gasteiger partial charge in [0.15, 0.2) is 0 Å². The Balaban J connectivity index is 2.62. The molecule has 0 saturated carbocycles. The number of carbonyl (C=O) groups excluding carboxylic acids is 1. The minimum Gasteiger partial charge on any atom is -0.366 e. The van der Waals surface area contributed by atoms with Gasteiger partial charge in [0.25, 0.3) is 0 Å². The van der Waals surface area contributed by atoms with Gasteiger partial charge in [-0.3, -0.25) is 9.78 Å². The Labute approximate surface area is 106 Å². The molecule has 92 valence electrons. The fourth-order valence-electron chi connectivity index (χ4n) is 1.83. The average molecular weight is 241 g/mol. The Kier molecular flexibility index (Phi) is 3.39. The first-order chi connectivity index (χ1) is 8.59. The van der Waals surface area contributed by atoms with E-state index < -0.39 is 5.91 Å². The largest absolute Gasteiger partial charge is 0.366 e. The number of aromatic nitrogens is 1. The van der Waals surface area contributed by atoms with Crippen molar-refractivity contribution in [2.24, 2.45) is 11.5 Å². The predicted octanol–water partition coefficient (Wildman–Crippen LogP) is 1.87. The molecular formula is C14H15N3O. The molecule has 1 amide bonds. The van der Waals surface area contributed by atoms with Gasteiger partial charge in [-0.2, -0.15) is 0 Å². The van der Waals surface area contributed by atoms with E-state index >= 15 is 0 Å². The molecule has 4 N–H and O–H groups in total. The average Bonchev–Trinajstić information content (AvgIpc) is 2.39. The zero-order valence-corrected chi connectivity index (χ0v) is 10.1. The van der Waals surface area contributed by atoms with E-state index in [4.69, 9.17) is 11.5 Å². The summed E-state index contributed by atoms with van der Waals surface area (Å²) in [5.74, 6) is -0.446. The lowest BCUT2D eigenvalue weighted by Gasteiger charge is -2.12. The second kappa shape index (κ2) is 4.98. The molecule has 1 atom stereocenters. The third-order valence-electron chi connectivity index (χ3n) is 2.83. The lowest BCUT2D eigenvalue weighted by Crippen LogP contribution is -2.13. The van der Waals surface area contributed by atoms with Gasteiger partial charge in [0.05, 0.1) is 0 Å². The molecule has 2 aromatic rings. The van der Waals surface area contributed by atoms with Gasteiger partial charge in [0.2, 0.25) is 5.91 Å². The molecule has 0 spiro atoms. The molecule has 0 aliphatic heterocycles. The number of amides is 1. The quantitative estimate of drug-likeness (QED) is 0.860. The van der Waals surface area contributed by atoms with Crippen molar-refractivity contribution in [3.8, 4) is 11.1 Å². The number of nitrogens with zero attached hydrogens (tertiary/aromatic N) is 1. The molecule has 0 radical (unpaired) electrons. The maximum absolute atomic E-state index is 11.5. The smallest absolute Gasteiger partial charge is 0.249 e. The van der Waals surface area contributed by atoms with Gasteiger partial charge in [-0.25, -0.2) is 0 Å². The second-order valence-electron chi connectivity index (χ2n) is 4.19. The van der Waals surface area contributed by atoms with Crippen molar-refractivity contribution in [2.45, 2.75) is 13.0 Å². The van der Waals surface area contributed by atoms with Crippen molar-refractivity contribution in [1.82, 2.24) is 4.98 Å². The first-order valence-electron chi connectivity index (χ1n) is 5.69. The topological polar surface area (TPSA) is 82.0 Å². The van der Waals surface area contributed by atoms with Gasteiger partial charge in [-0.1, -0.05) is 6.07 Å². The number of hydrogen-bond donors (Lipinski definition) is 2. The number of rotatable bonds is 3. The van der Waals surface area contributed by atoms with Crippen LogP contribution in [0.4, 0.5) is 0 Å². The highest BCUT2D eigenvalue weighted by Gasteiger charge is 2.12. The van der Waals surface area contributed by atoms with Gasteiger partial charge < -0.3 is 11.5 Å². The van der Waals surface area contributed by atoms with Crippen molar-refractivity contribution in [3.63, 3.8) is 0 Å². The maximum Gasteiger partial charge on any atom is 0.249 e. The Morgan fingerprint density at radius 3 is 2.44 bits per heavy atom. The highest BCUT2D eigenvalue weighted by Crippen LogP contribution is 2.26. The fourth-order valence-corrected chi connectivity index (χ4v) is 1.83. The third-order valence-corrected chi connectivity index (χ3v) is 2.83. The van der Waals surface area contributed by atoms with Crippen LogP contribution >= 0.6 is 0 Å².